The number of hydrogen-bond donors (Lipinski definition) is 1. The average molecular weight is 287 g/mol. The highest BCUT2D eigenvalue weighted by Crippen LogP contribution is 2.28. The van der Waals surface area contributed by atoms with E-state index in [4.69, 9.17) is 16.0 Å². The van der Waals surface area contributed by atoms with Crippen LogP contribution in [0.5, 0.6) is 0 Å². The van der Waals surface area contributed by atoms with Crippen LogP contribution in [0.4, 0.5) is 6.01 Å². The Hall–Kier alpha value is -2.00. The van der Waals surface area contributed by atoms with Crippen molar-refractivity contribution >= 4 is 28.7 Å². The maximum absolute atomic E-state index is 6.16. The molecule has 0 saturated heterocycles. The minimum absolute atomic E-state index is 0.412. The van der Waals surface area contributed by atoms with Gasteiger partial charge in [0, 0.05) is 5.88 Å². The fourth-order valence-corrected chi connectivity index (χ4v) is 2.37. The Morgan fingerprint density at radius 1 is 1.10 bits per heavy atom. The van der Waals surface area contributed by atoms with Gasteiger partial charge >= 0.3 is 0 Å². The first kappa shape index (κ1) is 13.0. The number of rotatable bonds is 4. The number of nitrogens with one attached hydrogen (secondary N) is 1. The zero-order valence-corrected chi connectivity index (χ0v) is 11.9. The minimum Gasteiger partial charge on any atom is -0.424 e. The smallest absolute Gasteiger partial charge is 0.296 e. The van der Waals surface area contributed by atoms with E-state index in [-0.39, 0.29) is 0 Å². The van der Waals surface area contributed by atoms with Crippen molar-refractivity contribution in [2.75, 3.05) is 11.2 Å². The maximum Gasteiger partial charge on any atom is 0.296 e. The van der Waals surface area contributed by atoms with Crippen LogP contribution >= 0.6 is 11.6 Å². The van der Waals surface area contributed by atoms with Crippen LogP contribution in [0, 0.1) is 0 Å². The molecule has 102 valence electrons. The highest BCUT2D eigenvalue weighted by Gasteiger charge is 2.27. The third-order valence-electron chi connectivity index (χ3n) is 3.35. The van der Waals surface area contributed by atoms with Crippen LogP contribution in [0.15, 0.2) is 59.0 Å². The molecule has 20 heavy (non-hydrogen) atoms. The third-order valence-corrected chi connectivity index (χ3v) is 3.89. The molecule has 1 unspecified atom stereocenters. The molecule has 0 radical (unpaired) electrons. The number of para-hydroxylation sites is 2. The molecule has 1 atom stereocenters. The number of alkyl halides is 1. The van der Waals surface area contributed by atoms with Gasteiger partial charge in [0.25, 0.3) is 6.01 Å². The van der Waals surface area contributed by atoms with Gasteiger partial charge in [0.2, 0.25) is 0 Å². The minimum atomic E-state index is -0.427. The standard InChI is InChI=1S/C16H15ClN2O/c1-16(11-17,12-7-3-2-4-8-12)19-15-18-13-9-5-6-10-14(13)20-15/h2-10H,11H2,1H3,(H,18,19). The second-order valence-corrected chi connectivity index (χ2v) is 5.21. The maximum atomic E-state index is 6.16. The molecule has 4 heteroatoms. The average Bonchev–Trinajstić information content (AvgIpc) is 2.90. The Balaban J connectivity index is 1.95. The van der Waals surface area contributed by atoms with Gasteiger partial charge in [0.15, 0.2) is 5.58 Å². The SMILES string of the molecule is CC(CCl)(Nc1nc2ccccc2o1)c1ccccc1. The summed E-state index contributed by atoms with van der Waals surface area (Å²) in [5, 5.41) is 3.30. The Bertz CT molecular complexity index is 678. The number of oxazole rings is 1. The molecule has 0 bridgehead atoms. The predicted molar refractivity (Wildman–Crippen MR) is 82.1 cm³/mol. The normalized spacial score (nSPS) is 14.1. The first-order chi connectivity index (χ1) is 9.71. The van der Waals surface area contributed by atoms with Gasteiger partial charge in [0.05, 0.1) is 5.54 Å². The molecule has 2 aromatic carbocycles. The van der Waals surface area contributed by atoms with Crippen molar-refractivity contribution in [2.45, 2.75) is 12.5 Å². The lowest BCUT2D eigenvalue weighted by molar-refractivity contribution is 0.546. The lowest BCUT2D eigenvalue weighted by Crippen LogP contribution is -2.33. The Labute approximate surface area is 122 Å². The number of aromatic nitrogens is 1. The molecule has 0 fully saturated rings. The van der Waals surface area contributed by atoms with Crippen molar-refractivity contribution in [2.24, 2.45) is 0 Å². The van der Waals surface area contributed by atoms with Crippen molar-refractivity contribution in [1.82, 2.24) is 4.98 Å². The molecule has 0 aliphatic carbocycles. The molecule has 0 amide bonds. The molecule has 0 aliphatic heterocycles. The second kappa shape index (κ2) is 5.17. The summed E-state index contributed by atoms with van der Waals surface area (Å²) in [6, 6.07) is 18.2. The summed E-state index contributed by atoms with van der Waals surface area (Å²) in [5.41, 5.74) is 2.26. The molecule has 1 N–H and O–H groups in total. The summed E-state index contributed by atoms with van der Waals surface area (Å²) < 4.78 is 5.71. The van der Waals surface area contributed by atoms with Crippen LogP contribution in [0.3, 0.4) is 0 Å². The quantitative estimate of drug-likeness (QED) is 0.723. The van der Waals surface area contributed by atoms with Gasteiger partial charge in [-0.15, -0.1) is 11.6 Å². The van der Waals surface area contributed by atoms with E-state index in [1.54, 1.807) is 0 Å². The molecule has 0 spiro atoms. The van der Waals surface area contributed by atoms with Gasteiger partial charge in [-0.25, -0.2) is 0 Å². The summed E-state index contributed by atoms with van der Waals surface area (Å²) >= 11 is 6.16. The number of benzene rings is 2. The number of anilines is 1. The molecule has 0 aliphatic rings. The van der Waals surface area contributed by atoms with E-state index in [1.807, 2.05) is 61.5 Å². The zero-order chi connectivity index (χ0) is 14.0. The molecular weight excluding hydrogens is 272 g/mol. The van der Waals surface area contributed by atoms with Crippen LogP contribution < -0.4 is 5.32 Å². The number of halogens is 1. The third kappa shape index (κ3) is 2.37. The molecule has 3 nitrogen and oxygen atoms in total. The van der Waals surface area contributed by atoms with E-state index < -0.39 is 5.54 Å². The number of hydrogen-bond acceptors (Lipinski definition) is 3. The van der Waals surface area contributed by atoms with Crippen LogP contribution in [0.25, 0.3) is 11.1 Å². The van der Waals surface area contributed by atoms with E-state index >= 15 is 0 Å². The van der Waals surface area contributed by atoms with E-state index in [2.05, 4.69) is 10.3 Å². The van der Waals surface area contributed by atoms with Gasteiger partial charge in [-0.05, 0) is 24.6 Å². The summed E-state index contributed by atoms with van der Waals surface area (Å²) in [4.78, 5) is 4.43. The van der Waals surface area contributed by atoms with Gasteiger partial charge in [0.1, 0.15) is 5.52 Å². The monoisotopic (exact) mass is 286 g/mol. The van der Waals surface area contributed by atoms with E-state index in [9.17, 15) is 0 Å². The highest BCUT2D eigenvalue weighted by molar-refractivity contribution is 6.18. The van der Waals surface area contributed by atoms with Crippen molar-refractivity contribution in [3.05, 3.63) is 60.2 Å². The molecule has 3 rings (SSSR count). The van der Waals surface area contributed by atoms with E-state index in [0.717, 1.165) is 16.7 Å². The second-order valence-electron chi connectivity index (χ2n) is 4.94. The summed E-state index contributed by atoms with van der Waals surface area (Å²) in [6.45, 7) is 2.03. The Morgan fingerprint density at radius 2 is 1.80 bits per heavy atom. The van der Waals surface area contributed by atoms with Crippen molar-refractivity contribution in [3.8, 4) is 0 Å². The topological polar surface area (TPSA) is 38.1 Å². The lowest BCUT2D eigenvalue weighted by Gasteiger charge is -2.28. The van der Waals surface area contributed by atoms with Crippen molar-refractivity contribution < 1.29 is 4.42 Å². The fraction of sp³-hybridized carbons (Fsp3) is 0.188. The van der Waals surface area contributed by atoms with Crippen LogP contribution in [-0.4, -0.2) is 10.9 Å². The molecular formula is C16H15ClN2O. The number of nitrogens with zero attached hydrogens (tertiary/aromatic N) is 1. The van der Waals surface area contributed by atoms with Gasteiger partial charge < -0.3 is 9.73 Å². The van der Waals surface area contributed by atoms with E-state index in [1.165, 1.54) is 0 Å². The first-order valence-corrected chi connectivity index (χ1v) is 7.00. The zero-order valence-electron chi connectivity index (χ0n) is 11.1. The summed E-state index contributed by atoms with van der Waals surface area (Å²) in [7, 11) is 0. The van der Waals surface area contributed by atoms with Gasteiger partial charge in [-0.1, -0.05) is 42.5 Å². The highest BCUT2D eigenvalue weighted by atomic mass is 35.5. The van der Waals surface area contributed by atoms with Crippen molar-refractivity contribution in [3.63, 3.8) is 0 Å². The molecule has 1 heterocycles. The van der Waals surface area contributed by atoms with Gasteiger partial charge in [-0.2, -0.15) is 4.98 Å². The molecule has 0 saturated carbocycles. The first-order valence-electron chi connectivity index (χ1n) is 6.46. The largest absolute Gasteiger partial charge is 0.424 e. The predicted octanol–water partition coefficient (Wildman–Crippen LogP) is 4.39. The van der Waals surface area contributed by atoms with Gasteiger partial charge in [-0.3, -0.25) is 0 Å². The van der Waals surface area contributed by atoms with Crippen LogP contribution in [0.1, 0.15) is 12.5 Å². The molecule has 1 aromatic heterocycles. The summed E-state index contributed by atoms with van der Waals surface area (Å²) in [5.74, 6) is 0.412. The fourth-order valence-electron chi connectivity index (χ4n) is 2.15. The molecule has 3 aromatic rings. The van der Waals surface area contributed by atoms with E-state index in [0.29, 0.717) is 11.9 Å². The summed E-state index contributed by atoms with van der Waals surface area (Å²) in [6.07, 6.45) is 0. The van der Waals surface area contributed by atoms with Crippen LogP contribution in [-0.2, 0) is 5.54 Å². The Morgan fingerprint density at radius 3 is 2.50 bits per heavy atom. The Kier molecular flexibility index (Phi) is 3.36. The number of fused-ring (bicyclic) bond motifs is 1. The van der Waals surface area contributed by atoms with Crippen molar-refractivity contribution in [1.29, 1.82) is 0 Å². The van der Waals surface area contributed by atoms with Crippen LogP contribution in [0.2, 0.25) is 0 Å². The lowest BCUT2D eigenvalue weighted by atomic mass is 9.94.